The van der Waals surface area contributed by atoms with Gasteiger partial charge in [-0.3, -0.25) is 4.79 Å². The summed E-state index contributed by atoms with van der Waals surface area (Å²) in [7, 11) is 4.08. The van der Waals surface area contributed by atoms with Gasteiger partial charge in [-0.15, -0.1) is 0 Å². The summed E-state index contributed by atoms with van der Waals surface area (Å²) in [6.07, 6.45) is 2.62. The first-order valence-electron chi connectivity index (χ1n) is 7.46. The zero-order valence-corrected chi connectivity index (χ0v) is 13.3. The zero-order valence-electron chi connectivity index (χ0n) is 13.3. The molecule has 0 unspecified atom stereocenters. The van der Waals surface area contributed by atoms with Crippen LogP contribution in [0.3, 0.4) is 0 Å². The number of aromatic nitrogens is 1. The smallest absolute Gasteiger partial charge is 0.255 e. The second-order valence-electron chi connectivity index (χ2n) is 5.48. The second-order valence-corrected chi connectivity index (χ2v) is 5.48. The Kier molecular flexibility index (Phi) is 6.05. The summed E-state index contributed by atoms with van der Waals surface area (Å²) >= 11 is 0. The molecule has 1 heterocycles. The number of carbonyl (C=O) groups excluding carboxylic acids is 1. The Morgan fingerprint density at radius 2 is 1.91 bits per heavy atom. The fourth-order valence-electron chi connectivity index (χ4n) is 1.99. The molecule has 23 heavy (non-hydrogen) atoms. The van der Waals surface area contributed by atoms with Crippen molar-refractivity contribution < 1.29 is 9.18 Å². The molecule has 0 radical (unpaired) electrons. The maximum atomic E-state index is 12.8. The standard InChI is InChI=1S/C17H21FN4O/c1-22(2)11-3-10-19-16-9-8-15(12-20-16)21-17(23)13-4-6-14(18)7-5-13/h4-9,12H,3,10-11H2,1-2H3,(H,19,20)(H,21,23). The number of carbonyl (C=O) groups is 1. The van der Waals surface area contributed by atoms with E-state index in [0.717, 1.165) is 25.3 Å². The lowest BCUT2D eigenvalue weighted by Crippen LogP contribution is -2.16. The average molecular weight is 316 g/mol. The summed E-state index contributed by atoms with van der Waals surface area (Å²) in [4.78, 5) is 18.4. The molecule has 5 nitrogen and oxygen atoms in total. The van der Waals surface area contributed by atoms with Crippen LogP contribution >= 0.6 is 0 Å². The molecule has 1 aromatic heterocycles. The van der Waals surface area contributed by atoms with Crippen LogP contribution in [0.2, 0.25) is 0 Å². The molecule has 0 atom stereocenters. The van der Waals surface area contributed by atoms with E-state index in [4.69, 9.17) is 0 Å². The van der Waals surface area contributed by atoms with Gasteiger partial charge in [0, 0.05) is 12.1 Å². The molecule has 0 aliphatic carbocycles. The first kappa shape index (κ1) is 16.9. The van der Waals surface area contributed by atoms with Gasteiger partial charge in [0.15, 0.2) is 0 Å². The highest BCUT2D eigenvalue weighted by atomic mass is 19.1. The number of benzene rings is 1. The number of nitrogens with one attached hydrogen (secondary N) is 2. The molecule has 1 amide bonds. The van der Waals surface area contributed by atoms with E-state index in [0.29, 0.717) is 11.3 Å². The van der Waals surface area contributed by atoms with Gasteiger partial charge < -0.3 is 15.5 Å². The van der Waals surface area contributed by atoms with Crippen molar-refractivity contribution in [3.8, 4) is 0 Å². The first-order valence-corrected chi connectivity index (χ1v) is 7.46. The molecular formula is C17H21FN4O. The van der Waals surface area contributed by atoms with Gasteiger partial charge in [-0.2, -0.15) is 0 Å². The van der Waals surface area contributed by atoms with Gasteiger partial charge >= 0.3 is 0 Å². The highest BCUT2D eigenvalue weighted by molar-refractivity contribution is 6.04. The van der Waals surface area contributed by atoms with Crippen LogP contribution in [0.25, 0.3) is 0 Å². The largest absolute Gasteiger partial charge is 0.370 e. The number of amides is 1. The van der Waals surface area contributed by atoms with Crippen LogP contribution < -0.4 is 10.6 Å². The minimum absolute atomic E-state index is 0.293. The Hall–Kier alpha value is -2.47. The number of nitrogens with zero attached hydrogens (tertiary/aromatic N) is 2. The number of halogens is 1. The molecule has 0 aliphatic heterocycles. The molecule has 0 bridgehead atoms. The van der Waals surface area contributed by atoms with Gasteiger partial charge in [0.2, 0.25) is 0 Å². The molecule has 2 N–H and O–H groups in total. The van der Waals surface area contributed by atoms with Gasteiger partial charge in [-0.25, -0.2) is 9.37 Å². The summed E-state index contributed by atoms with van der Waals surface area (Å²) in [5.74, 6) is 0.106. The quantitative estimate of drug-likeness (QED) is 0.771. The lowest BCUT2D eigenvalue weighted by Gasteiger charge is -2.10. The van der Waals surface area contributed by atoms with Gasteiger partial charge in [0.05, 0.1) is 11.9 Å². The van der Waals surface area contributed by atoms with Gasteiger partial charge in [-0.1, -0.05) is 0 Å². The molecule has 0 saturated carbocycles. The summed E-state index contributed by atoms with van der Waals surface area (Å²) in [6.45, 7) is 1.85. The van der Waals surface area contributed by atoms with Crippen molar-refractivity contribution in [2.45, 2.75) is 6.42 Å². The second kappa shape index (κ2) is 8.24. The molecule has 1 aromatic carbocycles. The third kappa shape index (κ3) is 5.67. The molecule has 2 rings (SSSR count). The molecular weight excluding hydrogens is 295 g/mol. The summed E-state index contributed by atoms with van der Waals surface area (Å²) in [6, 6.07) is 9.00. The van der Waals surface area contributed by atoms with E-state index < -0.39 is 0 Å². The minimum Gasteiger partial charge on any atom is -0.370 e. The first-order chi connectivity index (χ1) is 11.0. The van der Waals surface area contributed by atoms with E-state index in [9.17, 15) is 9.18 Å². The van der Waals surface area contributed by atoms with E-state index in [1.165, 1.54) is 24.3 Å². The van der Waals surface area contributed by atoms with Crippen LogP contribution in [0.4, 0.5) is 15.9 Å². The van der Waals surface area contributed by atoms with Crippen LogP contribution in [-0.2, 0) is 0 Å². The summed E-state index contributed by atoms with van der Waals surface area (Å²) in [5.41, 5.74) is 0.996. The SMILES string of the molecule is CN(C)CCCNc1ccc(NC(=O)c2ccc(F)cc2)cn1. The van der Waals surface area contributed by atoms with Crippen LogP contribution in [0, 0.1) is 5.82 Å². The van der Waals surface area contributed by atoms with Gasteiger partial charge in [0.25, 0.3) is 5.91 Å². The van der Waals surface area contributed by atoms with Crippen molar-refractivity contribution in [1.82, 2.24) is 9.88 Å². The summed E-state index contributed by atoms with van der Waals surface area (Å²) in [5, 5.41) is 5.96. The van der Waals surface area contributed by atoms with Gasteiger partial charge in [0.1, 0.15) is 11.6 Å². The Morgan fingerprint density at radius 1 is 1.17 bits per heavy atom. The maximum Gasteiger partial charge on any atom is 0.255 e. The van der Waals surface area contributed by atoms with Crippen molar-refractivity contribution in [2.75, 3.05) is 37.8 Å². The Morgan fingerprint density at radius 3 is 2.52 bits per heavy atom. The lowest BCUT2D eigenvalue weighted by atomic mass is 10.2. The van der Waals surface area contributed by atoms with Gasteiger partial charge in [-0.05, 0) is 63.5 Å². The predicted molar refractivity (Wildman–Crippen MR) is 90.3 cm³/mol. The zero-order chi connectivity index (χ0) is 16.7. The molecule has 2 aromatic rings. The van der Waals surface area contributed by atoms with E-state index in [1.54, 1.807) is 12.3 Å². The highest BCUT2D eigenvalue weighted by Gasteiger charge is 2.06. The average Bonchev–Trinajstić information content (AvgIpc) is 2.53. The number of hydrogen-bond acceptors (Lipinski definition) is 4. The molecule has 0 spiro atoms. The Labute approximate surface area is 135 Å². The molecule has 122 valence electrons. The van der Waals surface area contributed by atoms with Crippen LogP contribution in [-0.4, -0.2) is 43.0 Å². The molecule has 6 heteroatoms. The fourth-order valence-corrected chi connectivity index (χ4v) is 1.99. The van der Waals surface area contributed by atoms with E-state index in [2.05, 4.69) is 20.5 Å². The van der Waals surface area contributed by atoms with Crippen molar-refractivity contribution in [3.05, 3.63) is 54.0 Å². The Balaban J connectivity index is 1.84. The number of rotatable bonds is 7. The molecule has 0 fully saturated rings. The number of pyridine rings is 1. The van der Waals surface area contributed by atoms with Crippen molar-refractivity contribution >= 4 is 17.4 Å². The number of anilines is 2. The van der Waals surface area contributed by atoms with E-state index in [-0.39, 0.29) is 11.7 Å². The lowest BCUT2D eigenvalue weighted by molar-refractivity contribution is 0.102. The van der Waals surface area contributed by atoms with Crippen molar-refractivity contribution in [2.24, 2.45) is 0 Å². The molecule has 0 aliphatic rings. The third-order valence-electron chi connectivity index (χ3n) is 3.22. The van der Waals surface area contributed by atoms with Crippen LogP contribution in [0.1, 0.15) is 16.8 Å². The predicted octanol–water partition coefficient (Wildman–Crippen LogP) is 2.84. The van der Waals surface area contributed by atoms with Crippen molar-refractivity contribution in [1.29, 1.82) is 0 Å². The van der Waals surface area contributed by atoms with E-state index >= 15 is 0 Å². The summed E-state index contributed by atoms with van der Waals surface area (Å²) < 4.78 is 12.8. The Bertz CT molecular complexity index is 626. The van der Waals surface area contributed by atoms with Crippen LogP contribution in [0.15, 0.2) is 42.6 Å². The van der Waals surface area contributed by atoms with Crippen LogP contribution in [0.5, 0.6) is 0 Å². The normalized spacial score (nSPS) is 10.6. The monoisotopic (exact) mass is 316 g/mol. The topological polar surface area (TPSA) is 57.3 Å². The minimum atomic E-state index is -0.368. The highest BCUT2D eigenvalue weighted by Crippen LogP contribution is 2.12. The third-order valence-corrected chi connectivity index (χ3v) is 3.22. The van der Waals surface area contributed by atoms with E-state index in [1.807, 2.05) is 20.2 Å². The fraction of sp³-hybridized carbons (Fsp3) is 0.294. The maximum absolute atomic E-state index is 12.8. The number of hydrogen-bond donors (Lipinski definition) is 2. The van der Waals surface area contributed by atoms with Crippen molar-refractivity contribution in [3.63, 3.8) is 0 Å². The molecule has 0 saturated heterocycles.